The molecule has 1 aliphatic carbocycles. The molecule has 4 rings (SSSR count). The minimum atomic E-state index is -3.65. The number of anilines is 1. The van der Waals surface area contributed by atoms with Gasteiger partial charge in [0.2, 0.25) is 5.91 Å². The maximum Gasteiger partial charge on any atom is 0.261 e. The van der Waals surface area contributed by atoms with E-state index in [4.69, 9.17) is 13.7 Å². The number of hydrogen-bond acceptors (Lipinski definition) is 4. The summed E-state index contributed by atoms with van der Waals surface area (Å²) in [6.07, 6.45) is 1.38. The van der Waals surface area contributed by atoms with Gasteiger partial charge in [-0.3, -0.25) is 14.5 Å². The van der Waals surface area contributed by atoms with Crippen LogP contribution in [0.25, 0.3) is 5.57 Å². The molecular weight excluding hydrogens is 330 g/mol. The van der Waals surface area contributed by atoms with Crippen LogP contribution in [0.15, 0.2) is 24.3 Å². The van der Waals surface area contributed by atoms with Crippen LogP contribution in [0.3, 0.4) is 0 Å². The van der Waals surface area contributed by atoms with Crippen LogP contribution in [0.2, 0.25) is 0 Å². The largest absolute Gasteiger partial charge is 0.375 e. The van der Waals surface area contributed by atoms with E-state index in [1.807, 2.05) is 0 Å². The number of carbonyl (C=O) groups excluding carboxylic acids is 2. The topological polar surface area (TPSA) is 72.9 Å². The highest BCUT2D eigenvalue weighted by Gasteiger charge is 2.53. The Labute approximate surface area is 167 Å². The van der Waals surface area contributed by atoms with E-state index >= 15 is 0 Å². The molecule has 0 bridgehead atoms. The number of benzene rings is 1. The Morgan fingerprint density at radius 1 is 1.50 bits per heavy atom. The van der Waals surface area contributed by atoms with Crippen LogP contribution < -0.4 is 5.32 Å². The molecule has 2 N–H and O–H groups in total. The van der Waals surface area contributed by atoms with Crippen molar-refractivity contribution < 1.29 is 28.4 Å². The smallest absolute Gasteiger partial charge is 0.261 e. The van der Waals surface area contributed by atoms with Gasteiger partial charge in [0.1, 0.15) is 0 Å². The summed E-state index contributed by atoms with van der Waals surface area (Å²) in [5, 5.41) is 13.8. The summed E-state index contributed by atoms with van der Waals surface area (Å²) < 4.78 is 77.7. The first-order valence-corrected chi connectivity index (χ1v) is 8.19. The molecule has 0 aromatic heterocycles. The molecule has 0 radical (unpaired) electrons. The molecule has 0 saturated heterocycles. The second-order valence-electron chi connectivity index (χ2n) is 6.83. The molecule has 26 heavy (non-hydrogen) atoms. The Kier molecular flexibility index (Phi) is 2.09. The summed E-state index contributed by atoms with van der Waals surface area (Å²) in [7, 11) is 1.59. The van der Waals surface area contributed by atoms with E-state index in [-0.39, 0.29) is 17.9 Å². The predicted octanol–water partition coefficient (Wildman–Crippen LogP) is 1.41. The standard InChI is InChI=1S/C20H25N3O3/c1-4-23(5-2)18(24)12-9-14-13-7-6-8-15-17(13)20(26,19(25)21-15)10-16(14)22(3)11-12/h6-9,12,16,26H,4-5,10-11H2,1-3H3,(H,21,25)/t12-,16-,20?/m1/s1/i1D3,2D3,4D2,5D2. The third kappa shape index (κ3) is 2.25. The number of amides is 2. The summed E-state index contributed by atoms with van der Waals surface area (Å²) >= 11 is 0. The van der Waals surface area contributed by atoms with Crippen molar-refractivity contribution in [2.75, 3.05) is 31.9 Å². The molecule has 0 fully saturated rings. The molecule has 138 valence electrons. The second kappa shape index (κ2) is 5.93. The van der Waals surface area contributed by atoms with Crippen LogP contribution >= 0.6 is 0 Å². The fraction of sp³-hybridized carbons (Fsp3) is 0.500. The van der Waals surface area contributed by atoms with Crippen molar-refractivity contribution in [2.24, 2.45) is 5.92 Å². The molecular formula is C20H25N3O3. The fourth-order valence-corrected chi connectivity index (χ4v) is 4.20. The maximum absolute atomic E-state index is 13.6. The Morgan fingerprint density at radius 3 is 3.00 bits per heavy atom. The maximum atomic E-state index is 13.6. The van der Waals surface area contributed by atoms with E-state index < -0.39 is 56.1 Å². The number of hydrogen-bond donors (Lipinski definition) is 2. The molecule has 3 atom stereocenters. The van der Waals surface area contributed by atoms with E-state index in [9.17, 15) is 14.7 Å². The number of rotatable bonds is 3. The van der Waals surface area contributed by atoms with E-state index in [0.29, 0.717) is 22.4 Å². The highest BCUT2D eigenvalue weighted by atomic mass is 16.3. The minimum Gasteiger partial charge on any atom is -0.375 e. The van der Waals surface area contributed by atoms with Gasteiger partial charge in [-0.2, -0.15) is 0 Å². The molecule has 6 heteroatoms. The van der Waals surface area contributed by atoms with Gasteiger partial charge < -0.3 is 15.3 Å². The van der Waals surface area contributed by atoms with Crippen molar-refractivity contribution >= 4 is 23.1 Å². The summed E-state index contributed by atoms with van der Waals surface area (Å²) in [6.45, 7) is -14.6. The first-order valence-electron chi connectivity index (χ1n) is 13.2. The van der Waals surface area contributed by atoms with Gasteiger partial charge in [0.25, 0.3) is 5.91 Å². The minimum absolute atomic E-state index is 0.0397. The highest BCUT2D eigenvalue weighted by Crippen LogP contribution is 2.51. The highest BCUT2D eigenvalue weighted by molar-refractivity contribution is 6.08. The zero-order valence-electron chi connectivity index (χ0n) is 24.0. The number of nitrogens with one attached hydrogen (secondary N) is 1. The molecule has 1 aromatic rings. The number of fused-ring (bicyclic) bond motifs is 2. The average molecular weight is 365 g/mol. The molecule has 1 unspecified atom stereocenters. The SMILES string of the molecule is [2H]C([2H])([2H])C([2H])([2H])N(C(=O)[C@@H]1C=C2c3cccc4c3C(O)(C[C@H]2N(C)C1)C(=O)N4)C([2H])([2H])C([2H])([2H])[2H]. The number of aliphatic hydroxyl groups is 1. The van der Waals surface area contributed by atoms with E-state index in [1.54, 1.807) is 30.1 Å². The first kappa shape index (κ1) is 9.15. The zero-order chi connectivity index (χ0) is 27.2. The molecule has 6 nitrogen and oxygen atoms in total. The van der Waals surface area contributed by atoms with Crippen molar-refractivity contribution in [3.05, 3.63) is 35.4 Å². The molecule has 3 aliphatic rings. The van der Waals surface area contributed by atoms with Crippen molar-refractivity contribution in [3.63, 3.8) is 0 Å². The average Bonchev–Trinajstić information content (AvgIpc) is 2.97. The third-order valence-corrected chi connectivity index (χ3v) is 5.42. The van der Waals surface area contributed by atoms with Gasteiger partial charge in [0.15, 0.2) is 5.60 Å². The lowest BCUT2D eigenvalue weighted by Gasteiger charge is -2.44. The van der Waals surface area contributed by atoms with Gasteiger partial charge >= 0.3 is 0 Å². The van der Waals surface area contributed by atoms with Gasteiger partial charge in [-0.05, 0) is 38.0 Å². The summed E-state index contributed by atoms with van der Waals surface area (Å²) in [5.41, 5.74) is -0.119. The van der Waals surface area contributed by atoms with Crippen LogP contribution in [0.1, 0.15) is 45.0 Å². The normalized spacial score (nSPS) is 37.3. The van der Waals surface area contributed by atoms with Crippen molar-refractivity contribution in [1.29, 1.82) is 0 Å². The number of likely N-dealkylation sites (N-methyl/N-ethyl adjacent to an activating group) is 1. The second-order valence-corrected chi connectivity index (χ2v) is 6.83. The van der Waals surface area contributed by atoms with Gasteiger partial charge in [-0.1, -0.05) is 18.2 Å². The van der Waals surface area contributed by atoms with Crippen LogP contribution in [-0.2, 0) is 15.2 Å². The number of carbonyl (C=O) groups is 2. The van der Waals surface area contributed by atoms with Gasteiger partial charge in [-0.25, -0.2) is 0 Å². The zero-order valence-corrected chi connectivity index (χ0v) is 14.0. The van der Waals surface area contributed by atoms with Gasteiger partial charge in [0.05, 0.1) is 5.92 Å². The Hall–Kier alpha value is -2.18. The lowest BCUT2D eigenvalue weighted by atomic mass is 9.72. The van der Waals surface area contributed by atoms with Crippen molar-refractivity contribution in [2.45, 2.75) is 31.8 Å². The molecule has 2 aliphatic heterocycles. The van der Waals surface area contributed by atoms with E-state index in [1.165, 1.54) is 6.08 Å². The van der Waals surface area contributed by atoms with Crippen LogP contribution in [0.4, 0.5) is 5.69 Å². The summed E-state index contributed by atoms with van der Waals surface area (Å²) in [5.74, 6) is -3.25. The summed E-state index contributed by atoms with van der Waals surface area (Å²) in [6, 6.07) is 4.35. The summed E-state index contributed by atoms with van der Waals surface area (Å²) in [4.78, 5) is 27.5. The lowest BCUT2D eigenvalue weighted by molar-refractivity contribution is -0.137. The Balaban J connectivity index is 1.85. The van der Waals surface area contributed by atoms with E-state index in [0.717, 1.165) is 0 Å². The monoisotopic (exact) mass is 365 g/mol. The van der Waals surface area contributed by atoms with E-state index in [2.05, 4.69) is 5.32 Å². The Morgan fingerprint density at radius 2 is 2.27 bits per heavy atom. The first-order chi connectivity index (χ1) is 16.2. The lowest BCUT2D eigenvalue weighted by Crippen LogP contribution is -2.51. The van der Waals surface area contributed by atoms with Gasteiger partial charge in [0, 0.05) is 57.0 Å². The fourth-order valence-electron chi connectivity index (χ4n) is 4.20. The predicted molar refractivity (Wildman–Crippen MR) is 99.4 cm³/mol. The molecule has 2 heterocycles. The van der Waals surface area contributed by atoms with Crippen LogP contribution in [0, 0.1) is 5.92 Å². The number of nitrogens with zero attached hydrogens (tertiary/aromatic N) is 2. The third-order valence-electron chi connectivity index (χ3n) is 5.42. The Bertz CT molecular complexity index is 1140. The van der Waals surface area contributed by atoms with Crippen molar-refractivity contribution in [1.82, 2.24) is 9.80 Å². The molecule has 2 amide bonds. The van der Waals surface area contributed by atoms with Crippen molar-refractivity contribution in [3.8, 4) is 0 Å². The quantitative estimate of drug-likeness (QED) is 0.850. The molecule has 1 aromatic carbocycles. The van der Waals surface area contributed by atoms with Crippen LogP contribution in [-0.4, -0.2) is 59.3 Å². The van der Waals surface area contributed by atoms with Crippen LogP contribution in [0.5, 0.6) is 0 Å². The molecule has 0 spiro atoms. The molecule has 0 saturated carbocycles. The van der Waals surface area contributed by atoms with Gasteiger partial charge in [-0.15, -0.1) is 0 Å².